The average molecular weight is 156 g/mol. The average Bonchev–Trinajstić information content (AvgIpc) is 2.37. The first-order valence-corrected chi connectivity index (χ1v) is 3.70. The normalized spacial score (nSPS) is 41.7. The van der Waals surface area contributed by atoms with E-state index < -0.39 is 11.4 Å². The molecule has 62 valence electrons. The summed E-state index contributed by atoms with van der Waals surface area (Å²) in [5.41, 5.74) is -1.06. The SMILES string of the molecule is CC(=O)C1(C(=O)O)C(C)C1C. The third kappa shape index (κ3) is 0.737. The predicted molar refractivity (Wildman–Crippen MR) is 39.1 cm³/mol. The van der Waals surface area contributed by atoms with Gasteiger partial charge in [-0.3, -0.25) is 9.59 Å². The molecule has 1 aliphatic rings. The van der Waals surface area contributed by atoms with E-state index in [1.54, 1.807) is 13.8 Å². The van der Waals surface area contributed by atoms with E-state index in [0.717, 1.165) is 0 Å². The van der Waals surface area contributed by atoms with Crippen molar-refractivity contribution in [2.24, 2.45) is 17.3 Å². The van der Waals surface area contributed by atoms with Crippen molar-refractivity contribution in [2.75, 3.05) is 0 Å². The molecular formula is C8H12O3. The molecule has 0 radical (unpaired) electrons. The zero-order valence-electron chi connectivity index (χ0n) is 6.92. The third-order valence-electron chi connectivity index (χ3n) is 3.01. The summed E-state index contributed by atoms with van der Waals surface area (Å²) in [5.74, 6) is -1.19. The van der Waals surface area contributed by atoms with E-state index in [2.05, 4.69) is 0 Å². The number of carboxylic acid groups (broad SMARTS) is 1. The van der Waals surface area contributed by atoms with Crippen LogP contribution in [-0.2, 0) is 9.59 Å². The van der Waals surface area contributed by atoms with Crippen LogP contribution < -0.4 is 0 Å². The molecule has 2 unspecified atom stereocenters. The number of carbonyl (C=O) groups excluding carboxylic acids is 1. The highest BCUT2D eigenvalue weighted by Gasteiger charge is 2.68. The Morgan fingerprint density at radius 3 is 1.64 bits per heavy atom. The number of aliphatic carboxylic acids is 1. The highest BCUT2D eigenvalue weighted by Crippen LogP contribution is 2.58. The highest BCUT2D eigenvalue weighted by molar-refractivity contribution is 6.06. The van der Waals surface area contributed by atoms with Crippen molar-refractivity contribution in [2.45, 2.75) is 20.8 Å². The van der Waals surface area contributed by atoms with Gasteiger partial charge in [0.05, 0.1) is 0 Å². The zero-order chi connectivity index (χ0) is 8.81. The van der Waals surface area contributed by atoms with Gasteiger partial charge in [-0.25, -0.2) is 0 Å². The lowest BCUT2D eigenvalue weighted by molar-refractivity contribution is -0.148. The molecule has 0 spiro atoms. The molecule has 1 N–H and O–H groups in total. The summed E-state index contributed by atoms with van der Waals surface area (Å²) in [5, 5.41) is 8.79. The maximum Gasteiger partial charge on any atom is 0.317 e. The first kappa shape index (κ1) is 8.24. The molecule has 2 atom stereocenters. The Labute approximate surface area is 65.4 Å². The van der Waals surface area contributed by atoms with Crippen molar-refractivity contribution in [3.63, 3.8) is 0 Å². The Morgan fingerprint density at radius 2 is 1.64 bits per heavy atom. The third-order valence-corrected chi connectivity index (χ3v) is 3.01. The molecule has 0 aromatic heterocycles. The number of carboxylic acids is 1. The van der Waals surface area contributed by atoms with Crippen LogP contribution in [0.15, 0.2) is 0 Å². The van der Waals surface area contributed by atoms with E-state index in [9.17, 15) is 9.59 Å². The van der Waals surface area contributed by atoms with Crippen LogP contribution >= 0.6 is 0 Å². The van der Waals surface area contributed by atoms with Crippen LogP contribution in [0.4, 0.5) is 0 Å². The van der Waals surface area contributed by atoms with Crippen molar-refractivity contribution in [1.82, 2.24) is 0 Å². The second-order valence-electron chi connectivity index (χ2n) is 3.31. The van der Waals surface area contributed by atoms with E-state index >= 15 is 0 Å². The molecule has 11 heavy (non-hydrogen) atoms. The van der Waals surface area contributed by atoms with Gasteiger partial charge in [-0.05, 0) is 18.8 Å². The first-order valence-electron chi connectivity index (χ1n) is 3.70. The lowest BCUT2D eigenvalue weighted by Gasteiger charge is -2.05. The van der Waals surface area contributed by atoms with E-state index in [0.29, 0.717) is 0 Å². The Balaban J connectivity index is 2.96. The van der Waals surface area contributed by atoms with Crippen molar-refractivity contribution >= 4 is 11.8 Å². The number of carbonyl (C=O) groups is 2. The monoisotopic (exact) mass is 156 g/mol. The molecule has 1 saturated carbocycles. The minimum Gasteiger partial charge on any atom is -0.480 e. The van der Waals surface area contributed by atoms with Gasteiger partial charge in [-0.15, -0.1) is 0 Å². The van der Waals surface area contributed by atoms with E-state index in [1.807, 2.05) is 0 Å². The molecular weight excluding hydrogens is 144 g/mol. The summed E-state index contributed by atoms with van der Waals surface area (Å²) in [4.78, 5) is 21.7. The molecule has 0 aliphatic heterocycles. The van der Waals surface area contributed by atoms with Crippen molar-refractivity contribution in [3.05, 3.63) is 0 Å². The summed E-state index contributed by atoms with van der Waals surface area (Å²) in [6.45, 7) is 4.97. The molecule has 3 heteroatoms. The minimum atomic E-state index is -1.06. The standard InChI is InChI=1S/C8H12O3/c1-4-5(2)8(4,6(3)9)7(10)11/h4-5H,1-3H3,(H,10,11). The van der Waals surface area contributed by atoms with Crippen molar-refractivity contribution in [3.8, 4) is 0 Å². The summed E-state index contributed by atoms with van der Waals surface area (Å²) in [7, 11) is 0. The smallest absolute Gasteiger partial charge is 0.317 e. The van der Waals surface area contributed by atoms with Gasteiger partial charge in [0, 0.05) is 0 Å². The first-order chi connectivity index (χ1) is 4.95. The van der Waals surface area contributed by atoms with Crippen LogP contribution in [0.3, 0.4) is 0 Å². The molecule has 0 aromatic rings. The molecule has 0 heterocycles. The fourth-order valence-corrected chi connectivity index (χ4v) is 1.96. The second-order valence-corrected chi connectivity index (χ2v) is 3.31. The van der Waals surface area contributed by atoms with Gasteiger partial charge in [0.2, 0.25) is 0 Å². The summed E-state index contributed by atoms with van der Waals surface area (Å²) in [6.07, 6.45) is 0. The molecule has 1 aliphatic carbocycles. The molecule has 0 amide bonds. The quantitative estimate of drug-likeness (QED) is 0.605. The van der Waals surface area contributed by atoms with Crippen LogP contribution in [0.25, 0.3) is 0 Å². The van der Waals surface area contributed by atoms with Crippen LogP contribution in [-0.4, -0.2) is 16.9 Å². The fourth-order valence-electron chi connectivity index (χ4n) is 1.96. The second kappa shape index (κ2) is 2.06. The Morgan fingerprint density at radius 1 is 1.27 bits per heavy atom. The van der Waals surface area contributed by atoms with Crippen molar-refractivity contribution < 1.29 is 14.7 Å². The topological polar surface area (TPSA) is 54.4 Å². The predicted octanol–water partition coefficient (Wildman–Crippen LogP) is 0.932. The van der Waals surface area contributed by atoms with Gasteiger partial charge in [0.25, 0.3) is 0 Å². The van der Waals surface area contributed by atoms with Crippen LogP contribution in [0.5, 0.6) is 0 Å². The summed E-state index contributed by atoms with van der Waals surface area (Å²) < 4.78 is 0. The Hall–Kier alpha value is -0.860. The number of hydrogen-bond acceptors (Lipinski definition) is 2. The largest absolute Gasteiger partial charge is 0.480 e. The maximum absolute atomic E-state index is 11.0. The van der Waals surface area contributed by atoms with Crippen LogP contribution in [0.1, 0.15) is 20.8 Å². The number of rotatable bonds is 2. The van der Waals surface area contributed by atoms with Gasteiger partial charge in [-0.2, -0.15) is 0 Å². The maximum atomic E-state index is 11.0. The van der Waals surface area contributed by atoms with E-state index in [4.69, 9.17) is 5.11 Å². The molecule has 1 rings (SSSR count). The van der Waals surface area contributed by atoms with Gasteiger partial charge < -0.3 is 5.11 Å². The minimum absolute atomic E-state index is 0.00231. The van der Waals surface area contributed by atoms with Gasteiger partial charge in [-0.1, -0.05) is 13.8 Å². The lowest BCUT2D eigenvalue weighted by atomic mass is 9.98. The summed E-state index contributed by atoms with van der Waals surface area (Å²) >= 11 is 0. The fraction of sp³-hybridized carbons (Fsp3) is 0.750. The van der Waals surface area contributed by atoms with Crippen LogP contribution in [0.2, 0.25) is 0 Å². The highest BCUT2D eigenvalue weighted by atomic mass is 16.4. The lowest BCUT2D eigenvalue weighted by Crippen LogP contribution is -2.26. The van der Waals surface area contributed by atoms with Gasteiger partial charge >= 0.3 is 5.97 Å². The van der Waals surface area contributed by atoms with Gasteiger partial charge in [0.15, 0.2) is 0 Å². The van der Waals surface area contributed by atoms with Crippen molar-refractivity contribution in [1.29, 1.82) is 0 Å². The molecule has 3 nitrogen and oxygen atoms in total. The number of Topliss-reactive ketones (excluding diaryl/α,β-unsaturated/α-hetero) is 1. The molecule has 0 saturated heterocycles. The van der Waals surface area contributed by atoms with Crippen LogP contribution in [0, 0.1) is 17.3 Å². The molecule has 0 aromatic carbocycles. The van der Waals surface area contributed by atoms with E-state index in [-0.39, 0.29) is 17.6 Å². The zero-order valence-corrected chi connectivity index (χ0v) is 6.92. The Bertz CT molecular complexity index is 195. The molecule has 1 fully saturated rings. The Kier molecular flexibility index (Phi) is 1.54. The summed E-state index contributed by atoms with van der Waals surface area (Å²) in [6, 6.07) is 0. The van der Waals surface area contributed by atoms with E-state index in [1.165, 1.54) is 6.92 Å². The van der Waals surface area contributed by atoms with Gasteiger partial charge in [0.1, 0.15) is 11.2 Å². The molecule has 0 bridgehead atoms. The number of ketones is 1. The number of hydrogen-bond donors (Lipinski definition) is 1.